The van der Waals surface area contributed by atoms with Crippen molar-refractivity contribution in [2.45, 2.75) is 39.0 Å². The quantitative estimate of drug-likeness (QED) is 0.493. The highest BCUT2D eigenvalue weighted by Crippen LogP contribution is 2.50. The van der Waals surface area contributed by atoms with E-state index in [4.69, 9.17) is 5.41 Å². The fourth-order valence-corrected chi connectivity index (χ4v) is 4.23. The first-order chi connectivity index (χ1) is 12.9. The minimum atomic E-state index is -0.0149. The second-order valence-corrected chi connectivity index (χ2v) is 8.17. The number of benzene rings is 3. The van der Waals surface area contributed by atoms with E-state index in [0.717, 1.165) is 16.9 Å². The Morgan fingerprint density at radius 2 is 1.56 bits per heavy atom. The Morgan fingerprint density at radius 1 is 0.852 bits per heavy atom. The van der Waals surface area contributed by atoms with Crippen molar-refractivity contribution in [3.8, 4) is 11.1 Å². The zero-order valence-electron chi connectivity index (χ0n) is 16.4. The van der Waals surface area contributed by atoms with Crippen LogP contribution in [0, 0.1) is 5.41 Å². The van der Waals surface area contributed by atoms with Gasteiger partial charge in [0.05, 0.1) is 0 Å². The summed E-state index contributed by atoms with van der Waals surface area (Å²) in [5.74, 6) is 0.404. The summed E-state index contributed by atoms with van der Waals surface area (Å²) in [5.41, 5.74) is 9.77. The highest BCUT2D eigenvalue weighted by Gasteiger charge is 2.36. The van der Waals surface area contributed by atoms with Crippen molar-refractivity contribution in [3.63, 3.8) is 0 Å². The molecule has 0 saturated heterocycles. The molecule has 3 aromatic carbocycles. The predicted octanol–water partition coefficient (Wildman–Crippen LogP) is 6.86. The molecule has 27 heavy (non-hydrogen) atoms. The summed E-state index contributed by atoms with van der Waals surface area (Å²) < 4.78 is 0. The average Bonchev–Trinajstić information content (AvgIpc) is 2.89. The van der Waals surface area contributed by atoms with Crippen LogP contribution in [0.3, 0.4) is 0 Å². The summed E-state index contributed by atoms with van der Waals surface area (Å²) in [6.07, 6.45) is 1.41. The van der Waals surface area contributed by atoms with E-state index >= 15 is 0 Å². The van der Waals surface area contributed by atoms with Gasteiger partial charge in [0.15, 0.2) is 0 Å². The lowest BCUT2D eigenvalue weighted by atomic mass is 9.81. The Bertz CT molecular complexity index is 1030. The van der Waals surface area contributed by atoms with Gasteiger partial charge < -0.3 is 10.7 Å². The summed E-state index contributed by atoms with van der Waals surface area (Å²) in [7, 11) is 0. The van der Waals surface area contributed by atoms with Crippen LogP contribution in [-0.2, 0) is 5.41 Å². The van der Waals surface area contributed by atoms with Crippen LogP contribution in [-0.4, -0.2) is 6.21 Å². The number of hydrogen-bond donors (Lipinski definition) is 2. The SMILES string of the molecule is CC(C)c1cc2c(cc1Nc1ccccc1C=N)C(C)(C)c1ccccc1-2. The second kappa shape index (κ2) is 6.38. The molecular weight excluding hydrogens is 328 g/mol. The minimum absolute atomic E-state index is 0.0149. The topological polar surface area (TPSA) is 35.9 Å². The lowest BCUT2D eigenvalue weighted by Crippen LogP contribution is -2.15. The molecule has 0 amide bonds. The zero-order valence-corrected chi connectivity index (χ0v) is 16.4. The molecule has 0 heterocycles. The fraction of sp³-hybridized carbons (Fsp3) is 0.240. The van der Waals surface area contributed by atoms with Gasteiger partial charge in [0.25, 0.3) is 0 Å². The van der Waals surface area contributed by atoms with Crippen molar-refractivity contribution in [1.82, 2.24) is 0 Å². The van der Waals surface area contributed by atoms with Crippen molar-refractivity contribution < 1.29 is 0 Å². The average molecular weight is 354 g/mol. The molecule has 0 bridgehead atoms. The Hall–Kier alpha value is -2.87. The molecule has 1 aliphatic rings. The van der Waals surface area contributed by atoms with Gasteiger partial charge in [0.2, 0.25) is 0 Å². The number of fused-ring (bicyclic) bond motifs is 3. The summed E-state index contributed by atoms with van der Waals surface area (Å²) in [6, 6.07) is 21.4. The molecular formula is C25H26N2. The molecule has 0 fully saturated rings. The fourth-order valence-electron chi connectivity index (χ4n) is 4.23. The molecule has 0 radical (unpaired) electrons. The third-order valence-corrected chi connectivity index (χ3v) is 5.76. The Morgan fingerprint density at radius 3 is 2.30 bits per heavy atom. The van der Waals surface area contributed by atoms with E-state index in [9.17, 15) is 0 Å². The summed E-state index contributed by atoms with van der Waals surface area (Å²) in [4.78, 5) is 0. The first-order valence-corrected chi connectivity index (χ1v) is 9.58. The van der Waals surface area contributed by atoms with Gasteiger partial charge >= 0.3 is 0 Å². The van der Waals surface area contributed by atoms with Gasteiger partial charge in [-0.05, 0) is 51.9 Å². The number of anilines is 2. The van der Waals surface area contributed by atoms with Gasteiger partial charge in [-0.15, -0.1) is 0 Å². The summed E-state index contributed by atoms with van der Waals surface area (Å²) in [5, 5.41) is 11.3. The van der Waals surface area contributed by atoms with Crippen molar-refractivity contribution in [2.75, 3.05) is 5.32 Å². The van der Waals surface area contributed by atoms with Crippen LogP contribution in [0.1, 0.15) is 55.9 Å². The highest BCUT2D eigenvalue weighted by molar-refractivity contribution is 5.89. The van der Waals surface area contributed by atoms with E-state index in [1.807, 2.05) is 24.3 Å². The molecule has 0 aromatic heterocycles. The van der Waals surface area contributed by atoms with E-state index in [0.29, 0.717) is 5.92 Å². The molecule has 2 nitrogen and oxygen atoms in total. The molecule has 2 N–H and O–H groups in total. The Kier molecular flexibility index (Phi) is 4.15. The highest BCUT2D eigenvalue weighted by atomic mass is 14.9. The standard InChI is InChI=1S/C25H26N2/c1-16(2)19-13-20-18-10-6-7-11-21(18)25(3,4)22(20)14-24(19)27-23-12-8-5-9-17(23)15-26/h5-16,26-27H,1-4H3. The van der Waals surface area contributed by atoms with Crippen LogP contribution in [0.2, 0.25) is 0 Å². The lowest BCUT2D eigenvalue weighted by Gasteiger charge is -2.24. The monoisotopic (exact) mass is 354 g/mol. The first kappa shape index (κ1) is 17.5. The van der Waals surface area contributed by atoms with E-state index in [1.165, 1.54) is 34.0 Å². The summed E-state index contributed by atoms with van der Waals surface area (Å²) >= 11 is 0. The third kappa shape index (κ3) is 2.76. The molecule has 0 unspecified atom stereocenters. The van der Waals surface area contributed by atoms with Gasteiger partial charge in [-0.3, -0.25) is 0 Å². The first-order valence-electron chi connectivity index (χ1n) is 9.58. The molecule has 1 aliphatic carbocycles. The van der Waals surface area contributed by atoms with Gasteiger partial charge in [-0.1, -0.05) is 70.2 Å². The molecule has 0 saturated carbocycles. The second-order valence-electron chi connectivity index (χ2n) is 8.17. The van der Waals surface area contributed by atoms with Crippen LogP contribution in [0.4, 0.5) is 11.4 Å². The van der Waals surface area contributed by atoms with Crippen LogP contribution < -0.4 is 5.32 Å². The maximum Gasteiger partial charge on any atom is 0.0473 e. The molecule has 0 spiro atoms. The van der Waals surface area contributed by atoms with Crippen LogP contribution in [0.25, 0.3) is 11.1 Å². The van der Waals surface area contributed by atoms with Crippen LogP contribution in [0.15, 0.2) is 60.7 Å². The number of para-hydroxylation sites is 1. The molecule has 0 atom stereocenters. The smallest absolute Gasteiger partial charge is 0.0473 e. The van der Waals surface area contributed by atoms with E-state index in [1.54, 1.807) is 0 Å². The van der Waals surface area contributed by atoms with Crippen molar-refractivity contribution in [3.05, 3.63) is 82.9 Å². The van der Waals surface area contributed by atoms with Crippen LogP contribution in [0.5, 0.6) is 0 Å². The molecule has 0 aliphatic heterocycles. The molecule has 4 rings (SSSR count). The van der Waals surface area contributed by atoms with Gasteiger partial charge in [-0.25, -0.2) is 0 Å². The number of hydrogen-bond acceptors (Lipinski definition) is 2. The normalized spacial score (nSPS) is 14.0. The van der Waals surface area contributed by atoms with Gasteiger partial charge in [0.1, 0.15) is 0 Å². The van der Waals surface area contributed by atoms with Crippen molar-refractivity contribution >= 4 is 17.6 Å². The number of rotatable bonds is 4. The largest absolute Gasteiger partial charge is 0.355 e. The zero-order chi connectivity index (χ0) is 19.2. The Labute approximate surface area is 161 Å². The molecule has 3 aromatic rings. The van der Waals surface area contributed by atoms with Crippen molar-refractivity contribution in [2.24, 2.45) is 0 Å². The van der Waals surface area contributed by atoms with E-state index < -0.39 is 0 Å². The van der Waals surface area contributed by atoms with Gasteiger partial charge in [-0.2, -0.15) is 0 Å². The molecule has 2 heteroatoms. The van der Waals surface area contributed by atoms with E-state index in [-0.39, 0.29) is 5.41 Å². The molecule has 136 valence electrons. The summed E-state index contributed by atoms with van der Waals surface area (Å²) in [6.45, 7) is 9.09. The van der Waals surface area contributed by atoms with Gasteiger partial charge in [0, 0.05) is 28.6 Å². The third-order valence-electron chi connectivity index (χ3n) is 5.76. The predicted molar refractivity (Wildman–Crippen MR) is 116 cm³/mol. The maximum absolute atomic E-state index is 7.70. The minimum Gasteiger partial charge on any atom is -0.355 e. The lowest BCUT2D eigenvalue weighted by molar-refractivity contribution is 0.660. The number of nitrogens with one attached hydrogen (secondary N) is 2. The van der Waals surface area contributed by atoms with Crippen molar-refractivity contribution in [1.29, 1.82) is 5.41 Å². The Balaban J connectivity index is 1.90. The van der Waals surface area contributed by atoms with Crippen LogP contribution >= 0.6 is 0 Å². The maximum atomic E-state index is 7.70. The van der Waals surface area contributed by atoms with E-state index in [2.05, 4.69) is 69.4 Å².